The topological polar surface area (TPSA) is 58.6 Å². The highest BCUT2D eigenvalue weighted by Gasteiger charge is 2.45. The fourth-order valence-electron chi connectivity index (χ4n) is 1.86. The van der Waals surface area contributed by atoms with Crippen molar-refractivity contribution in [1.82, 2.24) is 10.2 Å². The summed E-state index contributed by atoms with van der Waals surface area (Å²) in [7, 11) is 0. The van der Waals surface area contributed by atoms with Gasteiger partial charge in [-0.3, -0.25) is 14.3 Å². The van der Waals surface area contributed by atoms with Crippen LogP contribution in [0.2, 0.25) is 0 Å². The quantitative estimate of drug-likeness (QED) is 0.838. The average Bonchev–Trinajstić information content (AvgIpc) is 2.30. The molecule has 8 heteroatoms. The van der Waals surface area contributed by atoms with Crippen molar-refractivity contribution >= 4 is 11.8 Å². The van der Waals surface area contributed by atoms with Gasteiger partial charge < -0.3 is 10.2 Å². The first kappa shape index (κ1) is 15.7. The zero-order valence-electron chi connectivity index (χ0n) is 11.0. The van der Waals surface area contributed by atoms with Gasteiger partial charge in [0.15, 0.2) is 0 Å². The average molecular weight is 282 g/mol. The van der Waals surface area contributed by atoms with Gasteiger partial charge in [-0.25, -0.2) is 0 Å². The summed E-state index contributed by atoms with van der Waals surface area (Å²) in [5.74, 6) is -0.774. The number of rotatable bonds is 4. The van der Waals surface area contributed by atoms with Gasteiger partial charge in [0.1, 0.15) is 11.6 Å². The van der Waals surface area contributed by atoms with E-state index in [4.69, 9.17) is 0 Å². The van der Waals surface area contributed by atoms with Gasteiger partial charge in [-0.2, -0.15) is 0 Å². The second-order valence-corrected chi connectivity index (χ2v) is 4.64. The molecule has 19 heavy (non-hydrogen) atoms. The van der Waals surface area contributed by atoms with E-state index in [0.29, 0.717) is 6.42 Å². The summed E-state index contributed by atoms with van der Waals surface area (Å²) < 4.78 is 39.3. The maximum atomic E-state index is 12.2. The van der Waals surface area contributed by atoms with Crippen molar-refractivity contribution in [3.8, 4) is 0 Å². The lowest BCUT2D eigenvalue weighted by atomic mass is 9.92. The predicted molar refractivity (Wildman–Crippen MR) is 60.0 cm³/mol. The van der Waals surface area contributed by atoms with E-state index in [9.17, 15) is 22.8 Å². The van der Waals surface area contributed by atoms with Crippen molar-refractivity contribution in [3.63, 3.8) is 0 Å². The molecule has 0 spiro atoms. The van der Waals surface area contributed by atoms with Gasteiger partial charge in [0.25, 0.3) is 0 Å². The smallest absolute Gasteiger partial charge is 0.340 e. The van der Waals surface area contributed by atoms with Crippen LogP contribution >= 0.6 is 0 Å². The molecule has 110 valence electrons. The van der Waals surface area contributed by atoms with Gasteiger partial charge in [0, 0.05) is 6.54 Å². The molecule has 0 bridgehead atoms. The third-order valence-corrected chi connectivity index (χ3v) is 3.28. The van der Waals surface area contributed by atoms with Crippen LogP contribution in [-0.2, 0) is 14.3 Å². The van der Waals surface area contributed by atoms with Gasteiger partial charge >= 0.3 is 6.36 Å². The van der Waals surface area contributed by atoms with Crippen molar-refractivity contribution in [2.45, 2.75) is 45.1 Å². The number of nitrogens with one attached hydrogen (secondary N) is 1. The van der Waals surface area contributed by atoms with Crippen molar-refractivity contribution < 1.29 is 27.5 Å². The molecule has 1 aliphatic rings. The number of nitrogens with zero attached hydrogens (tertiary/aromatic N) is 1. The third kappa shape index (κ3) is 3.59. The molecule has 0 saturated carbocycles. The predicted octanol–water partition coefficient (Wildman–Crippen LogP) is 1.04. The summed E-state index contributed by atoms with van der Waals surface area (Å²) in [5, 5.41) is 2.59. The fraction of sp³-hybridized carbons (Fsp3) is 0.818. The summed E-state index contributed by atoms with van der Waals surface area (Å²) in [6.07, 6.45) is -4.38. The molecule has 0 aromatic carbocycles. The van der Waals surface area contributed by atoms with Crippen LogP contribution in [0.3, 0.4) is 0 Å². The molecular weight excluding hydrogens is 265 g/mol. The Morgan fingerprint density at radius 1 is 1.42 bits per heavy atom. The number of amides is 2. The maximum absolute atomic E-state index is 12.2. The molecule has 2 unspecified atom stereocenters. The van der Waals surface area contributed by atoms with E-state index < -0.39 is 30.5 Å². The highest BCUT2D eigenvalue weighted by atomic mass is 19.4. The number of hydrogen-bond donors (Lipinski definition) is 1. The summed E-state index contributed by atoms with van der Waals surface area (Å²) >= 11 is 0. The minimum absolute atomic E-state index is 0.275. The van der Waals surface area contributed by atoms with Crippen molar-refractivity contribution in [3.05, 3.63) is 0 Å². The maximum Gasteiger partial charge on any atom is 0.522 e. The summed E-state index contributed by atoms with van der Waals surface area (Å²) in [4.78, 5) is 25.0. The normalized spacial score (nSPS) is 28.5. The molecule has 2 amide bonds. The van der Waals surface area contributed by atoms with Gasteiger partial charge in [0.05, 0.1) is 6.61 Å². The zero-order valence-corrected chi connectivity index (χ0v) is 11.0. The highest BCUT2D eigenvalue weighted by Crippen LogP contribution is 2.22. The van der Waals surface area contributed by atoms with Crippen LogP contribution in [0.5, 0.6) is 0 Å². The van der Waals surface area contributed by atoms with Crippen LogP contribution in [0.15, 0.2) is 0 Å². The minimum atomic E-state index is -4.74. The molecule has 5 nitrogen and oxygen atoms in total. The standard InChI is InChI=1S/C11H17F3N2O3/c1-4-10(3)9(18)16(7(2)8(17)15-10)5-6-19-11(12,13)14/h7H,4-6H2,1-3H3,(H,15,17). The van der Waals surface area contributed by atoms with E-state index in [1.165, 1.54) is 6.92 Å². The van der Waals surface area contributed by atoms with E-state index in [2.05, 4.69) is 10.1 Å². The molecule has 0 aromatic heterocycles. The van der Waals surface area contributed by atoms with Gasteiger partial charge in [0.2, 0.25) is 11.8 Å². The molecule has 1 fully saturated rings. The van der Waals surface area contributed by atoms with Gasteiger partial charge in [-0.15, -0.1) is 13.2 Å². The first-order chi connectivity index (χ1) is 8.60. The lowest BCUT2D eigenvalue weighted by Gasteiger charge is -2.42. The van der Waals surface area contributed by atoms with Crippen molar-refractivity contribution in [2.24, 2.45) is 0 Å². The van der Waals surface area contributed by atoms with Crippen LogP contribution in [0, 0.1) is 0 Å². The number of halogens is 3. The van der Waals surface area contributed by atoms with E-state index in [0.717, 1.165) is 4.90 Å². The van der Waals surface area contributed by atoms with Crippen LogP contribution < -0.4 is 5.32 Å². The molecule has 0 aliphatic carbocycles. The Balaban J connectivity index is 2.73. The second kappa shape index (κ2) is 5.36. The van der Waals surface area contributed by atoms with Crippen LogP contribution in [-0.4, -0.2) is 47.8 Å². The summed E-state index contributed by atoms with van der Waals surface area (Å²) in [6.45, 7) is 3.78. The van der Waals surface area contributed by atoms with E-state index in [1.807, 2.05) is 0 Å². The molecule has 1 saturated heterocycles. The first-order valence-corrected chi connectivity index (χ1v) is 5.94. The Labute approximate surface area is 109 Å². The number of ether oxygens (including phenoxy) is 1. The largest absolute Gasteiger partial charge is 0.522 e. The minimum Gasteiger partial charge on any atom is -0.340 e. The Kier molecular flexibility index (Phi) is 4.44. The number of piperazine rings is 1. The Hall–Kier alpha value is -1.31. The summed E-state index contributed by atoms with van der Waals surface area (Å²) in [6, 6.07) is -0.802. The second-order valence-electron chi connectivity index (χ2n) is 4.64. The number of carbonyl (C=O) groups excluding carboxylic acids is 2. The molecular formula is C11H17F3N2O3. The molecule has 1 aliphatic heterocycles. The highest BCUT2D eigenvalue weighted by molar-refractivity contribution is 5.99. The lowest BCUT2D eigenvalue weighted by Crippen LogP contribution is -2.68. The zero-order chi connectivity index (χ0) is 14.8. The molecule has 1 N–H and O–H groups in total. The Morgan fingerprint density at radius 3 is 2.47 bits per heavy atom. The van der Waals surface area contributed by atoms with E-state index in [-0.39, 0.29) is 12.5 Å². The number of hydrogen-bond acceptors (Lipinski definition) is 3. The summed E-state index contributed by atoms with van der Waals surface area (Å²) in [5.41, 5.74) is -1.07. The molecule has 2 atom stereocenters. The van der Waals surface area contributed by atoms with Crippen molar-refractivity contribution in [1.29, 1.82) is 0 Å². The molecule has 0 radical (unpaired) electrons. The SMILES string of the molecule is CCC1(C)NC(=O)C(C)N(CCOC(F)(F)F)C1=O. The number of carbonyl (C=O) groups is 2. The molecule has 0 aromatic rings. The van der Waals surface area contributed by atoms with Gasteiger partial charge in [-0.05, 0) is 20.3 Å². The van der Waals surface area contributed by atoms with E-state index in [1.54, 1.807) is 13.8 Å². The van der Waals surface area contributed by atoms with Crippen molar-refractivity contribution in [2.75, 3.05) is 13.2 Å². The van der Waals surface area contributed by atoms with Crippen LogP contribution in [0.4, 0.5) is 13.2 Å². The lowest BCUT2D eigenvalue weighted by molar-refractivity contribution is -0.325. The van der Waals surface area contributed by atoms with Crippen LogP contribution in [0.25, 0.3) is 0 Å². The first-order valence-electron chi connectivity index (χ1n) is 5.94. The van der Waals surface area contributed by atoms with Gasteiger partial charge in [-0.1, -0.05) is 6.92 Å². The fourth-order valence-corrected chi connectivity index (χ4v) is 1.86. The Morgan fingerprint density at radius 2 is 2.00 bits per heavy atom. The molecule has 1 heterocycles. The Bertz CT molecular complexity index is 373. The third-order valence-electron chi connectivity index (χ3n) is 3.28. The molecule has 1 rings (SSSR count). The van der Waals surface area contributed by atoms with E-state index >= 15 is 0 Å². The number of alkyl halides is 3. The monoisotopic (exact) mass is 282 g/mol. The van der Waals surface area contributed by atoms with Crippen LogP contribution in [0.1, 0.15) is 27.2 Å².